The van der Waals surface area contributed by atoms with Crippen molar-refractivity contribution in [2.75, 3.05) is 9.80 Å². The Morgan fingerprint density at radius 2 is 0.581 bits per heavy atom. The molecule has 0 aliphatic carbocycles. The molecular weight excluding hydrogens is 893 g/mol. The molecule has 0 aromatic heterocycles. The minimum Gasteiger partial charge on any atom is -0.310 e. The Kier molecular flexibility index (Phi) is 12.1. The monoisotopic (exact) mass is 952 g/mol. The second-order valence-electron chi connectivity index (χ2n) is 20.3. The molecule has 0 amide bonds. The van der Waals surface area contributed by atoms with E-state index in [1.165, 1.54) is 110 Å². The highest BCUT2D eigenvalue weighted by molar-refractivity contribution is 6.28. The summed E-state index contributed by atoms with van der Waals surface area (Å²) in [5, 5.41) is 7.37. The molecule has 0 radical (unpaired) electrons. The predicted molar refractivity (Wildman–Crippen MR) is 319 cm³/mol. The molecule has 2 nitrogen and oxygen atoms in total. The van der Waals surface area contributed by atoms with Gasteiger partial charge in [0.25, 0.3) is 0 Å². The van der Waals surface area contributed by atoms with Crippen LogP contribution in [0.15, 0.2) is 231 Å². The number of hydrogen-bond donors (Lipinski definition) is 0. The van der Waals surface area contributed by atoms with Gasteiger partial charge in [-0.1, -0.05) is 194 Å². The van der Waals surface area contributed by atoms with Gasteiger partial charge in [-0.2, -0.15) is 0 Å². The molecule has 2 heteroatoms. The van der Waals surface area contributed by atoms with Gasteiger partial charge in [-0.25, -0.2) is 0 Å². The van der Waals surface area contributed by atoms with Crippen LogP contribution in [0.4, 0.5) is 34.1 Å². The highest BCUT2D eigenvalue weighted by atomic mass is 15.1. The van der Waals surface area contributed by atoms with Gasteiger partial charge in [0.1, 0.15) is 0 Å². The maximum atomic E-state index is 2.50. The minimum atomic E-state index is 0.977. The van der Waals surface area contributed by atoms with Crippen molar-refractivity contribution in [3.05, 3.63) is 264 Å². The summed E-state index contributed by atoms with van der Waals surface area (Å²) in [5.74, 6) is 0. The summed E-state index contributed by atoms with van der Waals surface area (Å²) in [5.41, 5.74) is 23.9. The Balaban J connectivity index is 1.11. The largest absolute Gasteiger partial charge is 0.310 e. The lowest BCUT2D eigenvalue weighted by Gasteiger charge is -2.30. The van der Waals surface area contributed by atoms with Gasteiger partial charge in [0.2, 0.25) is 0 Å². The predicted octanol–water partition coefficient (Wildman–Crippen LogP) is 20.6. The lowest BCUT2D eigenvalue weighted by Crippen LogP contribution is -2.12. The van der Waals surface area contributed by atoms with Gasteiger partial charge in [0, 0.05) is 33.5 Å². The standard InChI is InChI=1S/C72H60N2/c1-7-51-21-29-63(30-22-51)73(65-43-59(55-17-9-13-47(3)37-55)41-60(44-65)56-18-10-14-48(4)38-56)69-35-27-53-26-34-68-70(36-28-54-25-33-67(69)71(53)72(54)68)74(64-31-23-52(8-2)24-32-64)66-45-61(57-19-11-15-49(5)39-57)42-62(46-66)58-20-12-16-50(6)40-58/h9-46H,7-8H2,1-6H3. The van der Waals surface area contributed by atoms with E-state index in [4.69, 9.17) is 0 Å². The number of hydrogen-bond acceptors (Lipinski definition) is 2. The first-order valence-corrected chi connectivity index (χ1v) is 26.2. The van der Waals surface area contributed by atoms with Crippen molar-refractivity contribution in [3.8, 4) is 44.5 Å². The van der Waals surface area contributed by atoms with Gasteiger partial charge in [-0.15, -0.1) is 0 Å². The van der Waals surface area contributed by atoms with E-state index in [1.54, 1.807) is 0 Å². The van der Waals surface area contributed by atoms with Crippen LogP contribution in [0.2, 0.25) is 0 Å². The molecule has 12 aromatic rings. The van der Waals surface area contributed by atoms with Crippen LogP contribution < -0.4 is 9.80 Å². The molecule has 74 heavy (non-hydrogen) atoms. The summed E-state index contributed by atoms with van der Waals surface area (Å²) < 4.78 is 0. The fourth-order valence-electron chi connectivity index (χ4n) is 11.2. The average molecular weight is 953 g/mol. The first kappa shape index (κ1) is 46.4. The van der Waals surface area contributed by atoms with Gasteiger partial charge in [-0.3, -0.25) is 0 Å². The fraction of sp³-hybridized carbons (Fsp3) is 0.111. The Morgan fingerprint density at radius 3 is 0.878 bits per heavy atom. The second-order valence-corrected chi connectivity index (χ2v) is 20.3. The first-order chi connectivity index (χ1) is 36.2. The van der Waals surface area contributed by atoms with Crippen molar-refractivity contribution in [2.45, 2.75) is 54.4 Å². The van der Waals surface area contributed by atoms with E-state index in [9.17, 15) is 0 Å². The van der Waals surface area contributed by atoms with E-state index in [1.807, 2.05) is 0 Å². The van der Waals surface area contributed by atoms with Crippen molar-refractivity contribution in [1.82, 2.24) is 0 Å². The van der Waals surface area contributed by atoms with E-state index in [0.29, 0.717) is 0 Å². The van der Waals surface area contributed by atoms with Crippen molar-refractivity contribution < 1.29 is 0 Å². The Hall–Kier alpha value is -8.72. The maximum Gasteiger partial charge on any atom is 0.0540 e. The lowest BCUT2D eigenvalue weighted by molar-refractivity contribution is 1.14. The molecule has 12 aromatic carbocycles. The smallest absolute Gasteiger partial charge is 0.0540 e. The first-order valence-electron chi connectivity index (χ1n) is 26.2. The van der Waals surface area contributed by atoms with Crippen LogP contribution in [0.5, 0.6) is 0 Å². The average Bonchev–Trinajstić information content (AvgIpc) is 3.43. The maximum absolute atomic E-state index is 2.50. The zero-order valence-corrected chi connectivity index (χ0v) is 43.2. The van der Waals surface area contributed by atoms with Crippen molar-refractivity contribution in [1.29, 1.82) is 0 Å². The molecule has 0 aliphatic heterocycles. The molecule has 358 valence electrons. The van der Waals surface area contributed by atoms with Crippen LogP contribution in [0.25, 0.3) is 76.8 Å². The quantitative estimate of drug-likeness (QED) is 0.113. The summed E-state index contributed by atoms with van der Waals surface area (Å²) in [6.45, 7) is 13.2. The number of rotatable bonds is 12. The van der Waals surface area contributed by atoms with Crippen LogP contribution >= 0.6 is 0 Å². The summed E-state index contributed by atoms with van der Waals surface area (Å²) in [6, 6.07) is 87.0. The van der Waals surface area contributed by atoms with Gasteiger partial charge in [-0.05, 0) is 191 Å². The molecule has 12 rings (SSSR count). The number of anilines is 6. The van der Waals surface area contributed by atoms with Crippen molar-refractivity contribution in [3.63, 3.8) is 0 Å². The van der Waals surface area contributed by atoms with E-state index >= 15 is 0 Å². The van der Waals surface area contributed by atoms with Gasteiger partial charge < -0.3 is 9.80 Å². The lowest BCUT2D eigenvalue weighted by atomic mass is 9.91. The van der Waals surface area contributed by atoms with E-state index < -0.39 is 0 Å². The van der Waals surface area contributed by atoms with Gasteiger partial charge >= 0.3 is 0 Å². The van der Waals surface area contributed by atoms with Crippen LogP contribution in [0.1, 0.15) is 47.2 Å². The molecule has 0 fully saturated rings. The molecule has 0 saturated carbocycles. The molecular formula is C72H60N2. The van der Waals surface area contributed by atoms with Crippen LogP contribution in [-0.2, 0) is 12.8 Å². The SMILES string of the molecule is CCc1ccc(N(c2cc(-c3cccc(C)c3)cc(-c3cccc(C)c3)c2)c2ccc3ccc4c(N(c5ccc(CC)cc5)c5cc(-c6cccc(C)c6)cc(-c6cccc(C)c6)c5)ccc5ccc2c3c54)cc1. The number of benzene rings is 12. The van der Waals surface area contributed by atoms with E-state index in [2.05, 4.69) is 282 Å². The summed E-state index contributed by atoms with van der Waals surface area (Å²) in [6.07, 6.45) is 1.95. The van der Waals surface area contributed by atoms with Crippen LogP contribution in [0.3, 0.4) is 0 Å². The Labute approximate surface area is 436 Å². The number of nitrogens with zero attached hydrogens (tertiary/aromatic N) is 2. The minimum absolute atomic E-state index is 0.977. The molecule has 0 saturated heterocycles. The topological polar surface area (TPSA) is 6.48 Å². The van der Waals surface area contributed by atoms with Crippen LogP contribution in [0, 0.1) is 27.7 Å². The van der Waals surface area contributed by atoms with E-state index in [-0.39, 0.29) is 0 Å². The zero-order chi connectivity index (χ0) is 50.5. The zero-order valence-electron chi connectivity index (χ0n) is 43.2. The van der Waals surface area contributed by atoms with Crippen molar-refractivity contribution >= 4 is 66.4 Å². The van der Waals surface area contributed by atoms with Crippen LogP contribution in [-0.4, -0.2) is 0 Å². The molecule has 0 N–H and O–H groups in total. The van der Waals surface area contributed by atoms with Gasteiger partial charge in [0.05, 0.1) is 11.4 Å². The third-order valence-corrected chi connectivity index (χ3v) is 15.1. The van der Waals surface area contributed by atoms with Gasteiger partial charge in [0.15, 0.2) is 0 Å². The Bertz CT molecular complexity index is 3640. The Morgan fingerprint density at radius 1 is 0.270 bits per heavy atom. The highest BCUT2D eigenvalue weighted by Gasteiger charge is 2.24. The third-order valence-electron chi connectivity index (χ3n) is 15.1. The van der Waals surface area contributed by atoms with E-state index in [0.717, 1.165) is 47.0 Å². The fourth-order valence-corrected chi connectivity index (χ4v) is 11.2. The summed E-state index contributed by atoms with van der Waals surface area (Å²) in [4.78, 5) is 4.99. The number of aryl methyl sites for hydroxylation is 6. The molecule has 0 bridgehead atoms. The van der Waals surface area contributed by atoms with Crippen molar-refractivity contribution in [2.24, 2.45) is 0 Å². The molecule has 0 spiro atoms. The molecule has 0 unspecified atom stereocenters. The molecule has 0 atom stereocenters. The molecule has 0 heterocycles. The second kappa shape index (κ2) is 19.4. The summed E-state index contributed by atoms with van der Waals surface area (Å²) in [7, 11) is 0. The normalized spacial score (nSPS) is 11.5. The summed E-state index contributed by atoms with van der Waals surface area (Å²) >= 11 is 0. The molecule has 0 aliphatic rings. The third kappa shape index (κ3) is 8.77. The highest BCUT2D eigenvalue weighted by Crippen LogP contribution is 2.49.